The molecule has 0 aliphatic rings. The molecule has 8 heteroatoms. The molecule has 0 aliphatic heterocycles. The first-order valence-corrected chi connectivity index (χ1v) is 9.10. The largest absolute Gasteiger partial charge is 0.203 e. The van der Waals surface area contributed by atoms with Crippen LogP contribution in [0.15, 0.2) is 24.3 Å². The van der Waals surface area contributed by atoms with Crippen molar-refractivity contribution in [2.75, 3.05) is 0 Å². The van der Waals surface area contributed by atoms with Gasteiger partial charge in [0.2, 0.25) is 5.82 Å². The molecule has 1 aromatic heterocycles. The summed E-state index contributed by atoms with van der Waals surface area (Å²) in [4.78, 5) is 0.369. The van der Waals surface area contributed by atoms with Gasteiger partial charge in [-0.2, -0.15) is 0 Å². The van der Waals surface area contributed by atoms with E-state index in [2.05, 4.69) is 0 Å². The van der Waals surface area contributed by atoms with Crippen LogP contribution in [0.5, 0.6) is 0 Å². The van der Waals surface area contributed by atoms with E-state index in [-0.39, 0.29) is 9.39 Å². The molecule has 0 unspecified atom stereocenters. The third-order valence-corrected chi connectivity index (χ3v) is 6.47. The third-order valence-electron chi connectivity index (χ3n) is 3.41. The van der Waals surface area contributed by atoms with Crippen LogP contribution in [-0.2, 0) is 0 Å². The number of benzene rings is 2. The lowest BCUT2D eigenvalue weighted by Crippen LogP contribution is -2.04. The molecule has 0 N–H and O–H groups in total. The minimum absolute atomic E-state index is 0.0683. The van der Waals surface area contributed by atoms with Gasteiger partial charge in [0.1, 0.15) is 3.82 Å². The Morgan fingerprint density at radius 1 is 0.708 bits per heavy atom. The fourth-order valence-corrected chi connectivity index (χ4v) is 5.06. The molecule has 0 amide bonds. The Kier molecular flexibility index (Phi) is 4.54. The molecule has 0 bridgehead atoms. The zero-order valence-electron chi connectivity index (χ0n) is 11.9. The van der Waals surface area contributed by atoms with Crippen molar-refractivity contribution in [2.24, 2.45) is 0 Å². The summed E-state index contributed by atoms with van der Waals surface area (Å²) in [6.07, 6.45) is 0. The van der Waals surface area contributed by atoms with E-state index >= 15 is 0 Å². The minimum atomic E-state index is -2.18. The van der Waals surface area contributed by atoms with Crippen molar-refractivity contribution >= 4 is 32.9 Å². The summed E-state index contributed by atoms with van der Waals surface area (Å²) >= 11 is 5.08. The summed E-state index contributed by atoms with van der Waals surface area (Å²) in [5.74, 6) is -9.91. The molecular formula is C16H7F5S3. The molecule has 0 saturated carbocycles. The highest BCUT2D eigenvalue weighted by Crippen LogP contribution is 2.44. The summed E-state index contributed by atoms with van der Waals surface area (Å²) in [5, 5.41) is 0. The van der Waals surface area contributed by atoms with Gasteiger partial charge in [-0.1, -0.05) is 62.7 Å². The minimum Gasteiger partial charge on any atom is -0.203 e. The lowest BCUT2D eigenvalue weighted by Gasteiger charge is -2.09. The summed E-state index contributed by atoms with van der Waals surface area (Å²) in [7, 11) is 2.17. The fourth-order valence-electron chi connectivity index (χ4n) is 2.19. The van der Waals surface area contributed by atoms with Gasteiger partial charge >= 0.3 is 0 Å². The fraction of sp³-hybridized carbons (Fsp3) is 0.0625. The van der Waals surface area contributed by atoms with Crippen LogP contribution >= 0.6 is 32.9 Å². The summed E-state index contributed by atoms with van der Waals surface area (Å²) < 4.78 is 68.7. The maximum atomic E-state index is 14.1. The molecule has 2 aromatic carbocycles. The van der Waals surface area contributed by atoms with E-state index in [1.54, 1.807) is 24.3 Å². The second-order valence-corrected chi connectivity index (χ2v) is 7.79. The van der Waals surface area contributed by atoms with E-state index in [0.717, 1.165) is 26.2 Å². The van der Waals surface area contributed by atoms with Crippen molar-refractivity contribution in [1.29, 1.82) is 0 Å². The van der Waals surface area contributed by atoms with Crippen molar-refractivity contribution in [3.8, 4) is 21.6 Å². The first kappa shape index (κ1) is 17.2. The molecule has 0 saturated heterocycles. The Balaban J connectivity index is 2.35. The number of rotatable bonds is 2. The van der Waals surface area contributed by atoms with Gasteiger partial charge in [-0.05, 0) is 12.5 Å². The average Bonchev–Trinajstić information content (AvgIpc) is 2.94. The van der Waals surface area contributed by atoms with Crippen LogP contribution in [0.25, 0.3) is 21.6 Å². The van der Waals surface area contributed by atoms with Crippen LogP contribution in [-0.4, -0.2) is 0 Å². The van der Waals surface area contributed by atoms with Crippen LogP contribution in [0.1, 0.15) is 5.56 Å². The Morgan fingerprint density at radius 2 is 1.21 bits per heavy atom. The second kappa shape index (κ2) is 6.34. The van der Waals surface area contributed by atoms with Gasteiger partial charge in [0.25, 0.3) is 0 Å². The first-order chi connectivity index (χ1) is 11.3. The van der Waals surface area contributed by atoms with Gasteiger partial charge in [-0.3, -0.25) is 0 Å². The molecule has 24 heavy (non-hydrogen) atoms. The van der Waals surface area contributed by atoms with Crippen LogP contribution in [0.2, 0.25) is 0 Å². The lowest BCUT2D eigenvalue weighted by atomic mass is 10.0. The molecule has 3 aromatic rings. The van der Waals surface area contributed by atoms with Crippen LogP contribution in [0.4, 0.5) is 22.0 Å². The van der Waals surface area contributed by atoms with Crippen molar-refractivity contribution < 1.29 is 22.0 Å². The Bertz CT molecular complexity index is 957. The second-order valence-electron chi connectivity index (χ2n) is 4.97. The summed E-state index contributed by atoms with van der Waals surface area (Å²) in [6, 6.07) is 6.98. The van der Waals surface area contributed by atoms with Gasteiger partial charge in [-0.25, -0.2) is 22.0 Å². The van der Waals surface area contributed by atoms with E-state index in [1.807, 2.05) is 6.92 Å². The molecular weight excluding hydrogens is 383 g/mol. The Labute approximate surface area is 146 Å². The van der Waals surface area contributed by atoms with E-state index in [1.165, 1.54) is 0 Å². The third kappa shape index (κ3) is 2.68. The highest BCUT2D eigenvalue weighted by molar-refractivity contribution is 7.80. The smallest absolute Gasteiger partial charge is 0.200 e. The molecule has 124 valence electrons. The zero-order valence-corrected chi connectivity index (χ0v) is 14.4. The SMILES string of the molecule is Cc1ccc(-c2ssc(=S)c2-c2c(F)c(F)c(F)c(F)c2F)cc1. The first-order valence-electron chi connectivity index (χ1n) is 6.55. The maximum absolute atomic E-state index is 14.1. The monoisotopic (exact) mass is 390 g/mol. The van der Waals surface area contributed by atoms with Gasteiger partial charge in [0.15, 0.2) is 23.3 Å². The Hall–Kier alpha value is -1.64. The van der Waals surface area contributed by atoms with Gasteiger partial charge in [-0.15, -0.1) is 0 Å². The van der Waals surface area contributed by atoms with Crippen molar-refractivity contribution in [3.05, 3.63) is 62.7 Å². The normalized spacial score (nSPS) is 11.1. The van der Waals surface area contributed by atoms with Crippen LogP contribution in [0, 0.1) is 39.8 Å². The average molecular weight is 390 g/mol. The predicted molar refractivity (Wildman–Crippen MR) is 88.4 cm³/mol. The van der Waals surface area contributed by atoms with Gasteiger partial charge in [0.05, 0.1) is 10.4 Å². The highest BCUT2D eigenvalue weighted by Gasteiger charge is 2.29. The van der Waals surface area contributed by atoms with E-state index in [9.17, 15) is 22.0 Å². The van der Waals surface area contributed by atoms with Crippen molar-refractivity contribution in [1.82, 2.24) is 0 Å². The summed E-state index contributed by atoms with van der Waals surface area (Å²) in [5.41, 5.74) is 0.438. The molecule has 0 nitrogen and oxygen atoms in total. The standard InChI is InChI=1S/C16H7F5S3/c1-6-2-4-7(5-3-6)15-9(16(22)24-23-15)8-10(17)12(19)14(21)13(20)11(8)18/h2-5H,1H3. The summed E-state index contributed by atoms with van der Waals surface area (Å²) in [6.45, 7) is 1.87. The molecule has 1 heterocycles. The quantitative estimate of drug-likeness (QED) is 0.151. The predicted octanol–water partition coefficient (Wildman–Crippen LogP) is 6.88. The lowest BCUT2D eigenvalue weighted by molar-refractivity contribution is 0.381. The van der Waals surface area contributed by atoms with Gasteiger partial charge in [0, 0.05) is 5.56 Å². The number of hydrogen-bond donors (Lipinski definition) is 0. The molecule has 0 spiro atoms. The topological polar surface area (TPSA) is 0 Å². The molecule has 0 radical (unpaired) electrons. The number of hydrogen-bond acceptors (Lipinski definition) is 3. The molecule has 3 rings (SSSR count). The van der Waals surface area contributed by atoms with Crippen molar-refractivity contribution in [3.63, 3.8) is 0 Å². The Morgan fingerprint density at radius 3 is 1.75 bits per heavy atom. The van der Waals surface area contributed by atoms with Crippen molar-refractivity contribution in [2.45, 2.75) is 6.92 Å². The maximum Gasteiger partial charge on any atom is 0.200 e. The molecule has 0 aliphatic carbocycles. The van der Waals surface area contributed by atoms with E-state index in [4.69, 9.17) is 12.2 Å². The van der Waals surface area contributed by atoms with E-state index in [0.29, 0.717) is 10.4 Å². The molecule has 0 atom stereocenters. The van der Waals surface area contributed by atoms with Gasteiger partial charge < -0.3 is 0 Å². The number of halogens is 5. The van der Waals surface area contributed by atoms with Crippen LogP contribution in [0.3, 0.4) is 0 Å². The zero-order chi connectivity index (χ0) is 17.6. The highest BCUT2D eigenvalue weighted by atomic mass is 32.9. The van der Waals surface area contributed by atoms with E-state index < -0.39 is 34.6 Å². The van der Waals surface area contributed by atoms with Crippen LogP contribution < -0.4 is 0 Å². The number of aryl methyl sites for hydroxylation is 1. The molecule has 0 fully saturated rings.